The van der Waals surface area contributed by atoms with E-state index in [4.69, 9.17) is 5.73 Å². The average molecular weight is 365 g/mol. The molecule has 2 rings (SSSR count). The summed E-state index contributed by atoms with van der Waals surface area (Å²) in [7, 11) is 0. The summed E-state index contributed by atoms with van der Waals surface area (Å²) < 4.78 is 0. The lowest BCUT2D eigenvalue weighted by atomic mass is 9.92. The maximum absolute atomic E-state index is 11.9. The molecule has 0 heterocycles. The third kappa shape index (κ3) is 6.33. The van der Waals surface area contributed by atoms with Gasteiger partial charge in [0.1, 0.15) is 0 Å². The molecule has 2 aromatic rings. The van der Waals surface area contributed by atoms with Crippen LogP contribution < -0.4 is 5.73 Å². The highest BCUT2D eigenvalue weighted by atomic mass is 16.1. The zero-order valence-electron chi connectivity index (χ0n) is 16.4. The number of carbonyl (C=O) groups is 3. The first-order valence-corrected chi connectivity index (χ1v) is 8.95. The summed E-state index contributed by atoms with van der Waals surface area (Å²) in [4.78, 5) is 34.7. The summed E-state index contributed by atoms with van der Waals surface area (Å²) in [6.45, 7) is 7.05. The molecule has 0 aliphatic heterocycles. The zero-order valence-corrected chi connectivity index (χ0v) is 16.4. The smallest absolute Gasteiger partial charge is 0.190 e. The quantitative estimate of drug-likeness (QED) is 0.586. The fourth-order valence-corrected chi connectivity index (χ4v) is 2.35. The Hall–Kier alpha value is -3.01. The first-order chi connectivity index (χ1) is 12.8. The van der Waals surface area contributed by atoms with Gasteiger partial charge in [-0.1, -0.05) is 68.4 Å². The van der Waals surface area contributed by atoms with Crippen molar-refractivity contribution in [2.75, 3.05) is 0 Å². The van der Waals surface area contributed by atoms with Crippen molar-refractivity contribution in [3.63, 3.8) is 0 Å². The van der Waals surface area contributed by atoms with Gasteiger partial charge >= 0.3 is 0 Å². The molecule has 0 saturated heterocycles. The summed E-state index contributed by atoms with van der Waals surface area (Å²) in [5.74, 6) is -0.0332. The van der Waals surface area contributed by atoms with Gasteiger partial charge < -0.3 is 5.73 Å². The minimum Gasteiger partial charge on any atom is -0.404 e. The summed E-state index contributed by atoms with van der Waals surface area (Å²) in [6, 6.07) is 16.1. The molecule has 0 fully saturated rings. The van der Waals surface area contributed by atoms with E-state index in [0.29, 0.717) is 22.3 Å². The number of benzene rings is 2. The van der Waals surface area contributed by atoms with Crippen LogP contribution in [-0.4, -0.2) is 17.3 Å². The van der Waals surface area contributed by atoms with E-state index in [-0.39, 0.29) is 23.3 Å². The van der Waals surface area contributed by atoms with Gasteiger partial charge in [0.05, 0.1) is 0 Å². The van der Waals surface area contributed by atoms with E-state index in [2.05, 4.69) is 0 Å². The van der Waals surface area contributed by atoms with Crippen LogP contribution in [0.5, 0.6) is 0 Å². The molecule has 0 amide bonds. The highest BCUT2D eigenvalue weighted by molar-refractivity contribution is 6.09. The van der Waals surface area contributed by atoms with Gasteiger partial charge in [0.2, 0.25) is 0 Å². The Morgan fingerprint density at radius 3 is 1.93 bits per heavy atom. The van der Waals surface area contributed by atoms with Gasteiger partial charge in [0.25, 0.3) is 0 Å². The van der Waals surface area contributed by atoms with E-state index in [1.807, 2.05) is 32.0 Å². The fraction of sp³-hybridized carbons (Fsp3) is 0.261. The Balaban J connectivity index is 0.000000277. The molecular formula is C23H27NO3. The molecule has 27 heavy (non-hydrogen) atoms. The number of hydrogen-bond donors (Lipinski definition) is 1. The van der Waals surface area contributed by atoms with Gasteiger partial charge in [0, 0.05) is 34.4 Å². The molecule has 142 valence electrons. The highest BCUT2D eigenvalue weighted by Gasteiger charge is 2.18. The standard InChI is InChI=1S/C13H16O2.C10H11NO/c1-4-9(2)13(15)12-8-6-5-7-11(12)10(3)14;1-8(7-11)10(12)9-5-3-2-4-6-9/h5-9H,4H2,1-3H3;2-7H,11H2,1H3/b;8-7+. The molecule has 4 heteroatoms. The fourth-order valence-electron chi connectivity index (χ4n) is 2.35. The number of allylic oxidation sites excluding steroid dienone is 1. The molecule has 0 aliphatic carbocycles. The first-order valence-electron chi connectivity index (χ1n) is 8.95. The van der Waals surface area contributed by atoms with Gasteiger partial charge in [-0.05, 0) is 20.3 Å². The lowest BCUT2D eigenvalue weighted by molar-refractivity contribution is 0.0915. The first kappa shape index (κ1) is 22.0. The van der Waals surface area contributed by atoms with E-state index in [1.54, 1.807) is 43.3 Å². The topological polar surface area (TPSA) is 77.2 Å². The van der Waals surface area contributed by atoms with Crippen molar-refractivity contribution in [2.45, 2.75) is 34.1 Å². The average Bonchev–Trinajstić information content (AvgIpc) is 2.72. The minimum absolute atomic E-state index is 0.0156. The van der Waals surface area contributed by atoms with Gasteiger partial charge in [-0.15, -0.1) is 0 Å². The van der Waals surface area contributed by atoms with Crippen LogP contribution in [0.15, 0.2) is 66.4 Å². The Morgan fingerprint density at radius 1 is 0.926 bits per heavy atom. The molecule has 1 unspecified atom stereocenters. The van der Waals surface area contributed by atoms with Crippen LogP contribution in [0.4, 0.5) is 0 Å². The van der Waals surface area contributed by atoms with Crippen molar-refractivity contribution in [3.8, 4) is 0 Å². The van der Waals surface area contributed by atoms with Crippen LogP contribution in [-0.2, 0) is 0 Å². The maximum atomic E-state index is 11.9. The van der Waals surface area contributed by atoms with Gasteiger partial charge in [-0.3, -0.25) is 14.4 Å². The SMILES string of the molecule is C/C(=C\N)C(=O)c1ccccc1.CCC(C)C(=O)c1ccccc1C(C)=O. The Bertz CT molecular complexity index is 823. The van der Waals surface area contributed by atoms with Crippen molar-refractivity contribution in [3.05, 3.63) is 83.1 Å². The lowest BCUT2D eigenvalue weighted by Gasteiger charge is -2.10. The predicted molar refractivity (Wildman–Crippen MR) is 109 cm³/mol. The molecule has 0 saturated carbocycles. The second-order valence-corrected chi connectivity index (χ2v) is 6.32. The van der Waals surface area contributed by atoms with E-state index in [9.17, 15) is 14.4 Å². The van der Waals surface area contributed by atoms with E-state index in [1.165, 1.54) is 13.1 Å². The van der Waals surface area contributed by atoms with Gasteiger partial charge in [0.15, 0.2) is 17.3 Å². The zero-order chi connectivity index (χ0) is 20.4. The van der Waals surface area contributed by atoms with Crippen LogP contribution in [0.3, 0.4) is 0 Å². The molecule has 0 bridgehead atoms. The second kappa shape index (κ2) is 10.9. The number of Topliss-reactive ketones (excluding diaryl/α,β-unsaturated/α-hetero) is 3. The van der Waals surface area contributed by atoms with Crippen molar-refractivity contribution < 1.29 is 14.4 Å². The molecule has 2 N–H and O–H groups in total. The number of nitrogens with two attached hydrogens (primary N) is 1. The molecule has 2 aromatic carbocycles. The highest BCUT2D eigenvalue weighted by Crippen LogP contribution is 2.16. The van der Waals surface area contributed by atoms with E-state index in [0.717, 1.165) is 6.42 Å². The van der Waals surface area contributed by atoms with E-state index >= 15 is 0 Å². The van der Waals surface area contributed by atoms with Gasteiger partial charge in [-0.2, -0.15) is 0 Å². The predicted octanol–water partition coefficient (Wildman–Crippen LogP) is 4.85. The van der Waals surface area contributed by atoms with Crippen molar-refractivity contribution in [1.29, 1.82) is 0 Å². The number of rotatable bonds is 6. The Kier molecular flexibility index (Phi) is 8.86. The van der Waals surface area contributed by atoms with Crippen molar-refractivity contribution in [1.82, 2.24) is 0 Å². The normalized spacial score (nSPS) is 11.8. The number of ketones is 3. The molecule has 0 aliphatic rings. The van der Waals surface area contributed by atoms with Crippen LogP contribution in [0.25, 0.3) is 0 Å². The number of hydrogen-bond acceptors (Lipinski definition) is 4. The van der Waals surface area contributed by atoms with Crippen LogP contribution >= 0.6 is 0 Å². The van der Waals surface area contributed by atoms with E-state index < -0.39 is 0 Å². The van der Waals surface area contributed by atoms with Gasteiger partial charge in [-0.25, -0.2) is 0 Å². The third-order valence-electron chi connectivity index (χ3n) is 4.28. The van der Waals surface area contributed by atoms with Crippen molar-refractivity contribution >= 4 is 17.3 Å². The summed E-state index contributed by atoms with van der Waals surface area (Å²) in [5, 5.41) is 0. The summed E-state index contributed by atoms with van der Waals surface area (Å²) >= 11 is 0. The van der Waals surface area contributed by atoms with Crippen LogP contribution in [0, 0.1) is 5.92 Å². The minimum atomic E-state index is -0.0535. The summed E-state index contributed by atoms with van der Waals surface area (Å²) in [6.07, 6.45) is 2.13. The molecule has 0 radical (unpaired) electrons. The Morgan fingerprint density at radius 2 is 1.44 bits per heavy atom. The monoisotopic (exact) mass is 365 g/mol. The largest absolute Gasteiger partial charge is 0.404 e. The molecular weight excluding hydrogens is 338 g/mol. The van der Waals surface area contributed by atoms with Crippen LogP contribution in [0.2, 0.25) is 0 Å². The Labute approximate surface area is 161 Å². The van der Waals surface area contributed by atoms with Crippen LogP contribution in [0.1, 0.15) is 65.2 Å². The third-order valence-corrected chi connectivity index (χ3v) is 4.28. The maximum Gasteiger partial charge on any atom is 0.190 e. The molecule has 0 aromatic heterocycles. The molecule has 0 spiro atoms. The summed E-state index contributed by atoms with van der Waals surface area (Å²) in [5.41, 5.74) is 7.56. The molecule has 1 atom stereocenters. The lowest BCUT2D eigenvalue weighted by Crippen LogP contribution is -2.14. The molecule has 4 nitrogen and oxygen atoms in total. The van der Waals surface area contributed by atoms with Crippen molar-refractivity contribution in [2.24, 2.45) is 11.7 Å². The second-order valence-electron chi connectivity index (χ2n) is 6.32. The number of carbonyl (C=O) groups excluding carboxylic acids is 3.